The maximum absolute atomic E-state index is 11.8. The van der Waals surface area contributed by atoms with Gasteiger partial charge in [-0.1, -0.05) is 0 Å². The molecule has 0 saturated heterocycles. The zero-order valence-corrected chi connectivity index (χ0v) is 9.45. The van der Waals surface area contributed by atoms with E-state index in [1.807, 2.05) is 0 Å². The van der Waals surface area contributed by atoms with Gasteiger partial charge in [0.15, 0.2) is 0 Å². The topological polar surface area (TPSA) is 91.3 Å². The Morgan fingerprint density at radius 3 is 2.76 bits per heavy atom. The molecule has 8 heteroatoms. The van der Waals surface area contributed by atoms with Gasteiger partial charge >= 0.3 is 5.69 Å². The first-order chi connectivity index (χ1) is 8.06. The summed E-state index contributed by atoms with van der Waals surface area (Å²) < 4.78 is 3.26. The van der Waals surface area contributed by atoms with Crippen LogP contribution in [0, 0.1) is 0 Å². The van der Waals surface area contributed by atoms with Gasteiger partial charge in [0.05, 0.1) is 6.61 Å². The SMILES string of the molecule is Cn1cc2c(=O)n(C)c(=O)n(OCCO)c2n1. The van der Waals surface area contributed by atoms with Crippen LogP contribution >= 0.6 is 0 Å². The van der Waals surface area contributed by atoms with Gasteiger partial charge in [0, 0.05) is 20.3 Å². The van der Waals surface area contributed by atoms with Crippen molar-refractivity contribution in [1.82, 2.24) is 19.1 Å². The molecule has 0 amide bonds. The van der Waals surface area contributed by atoms with Crippen molar-refractivity contribution in [2.24, 2.45) is 14.1 Å². The Morgan fingerprint density at radius 1 is 1.41 bits per heavy atom. The van der Waals surface area contributed by atoms with E-state index in [0.717, 1.165) is 9.30 Å². The summed E-state index contributed by atoms with van der Waals surface area (Å²) >= 11 is 0. The second-order valence-electron chi connectivity index (χ2n) is 3.54. The first-order valence-corrected chi connectivity index (χ1v) is 4.96. The van der Waals surface area contributed by atoms with Gasteiger partial charge in [0.2, 0.25) is 5.65 Å². The van der Waals surface area contributed by atoms with Crippen molar-refractivity contribution in [2.45, 2.75) is 0 Å². The number of hydrogen-bond acceptors (Lipinski definition) is 5. The molecule has 0 radical (unpaired) electrons. The zero-order valence-electron chi connectivity index (χ0n) is 9.45. The van der Waals surface area contributed by atoms with Gasteiger partial charge in [0.1, 0.15) is 12.0 Å². The molecule has 0 unspecified atom stereocenters. The largest absolute Gasteiger partial charge is 0.405 e. The molecule has 0 aromatic carbocycles. The Morgan fingerprint density at radius 2 is 2.12 bits per heavy atom. The molecule has 2 rings (SSSR count). The normalized spacial score (nSPS) is 11.0. The van der Waals surface area contributed by atoms with Crippen molar-refractivity contribution in [3.05, 3.63) is 27.0 Å². The fourth-order valence-corrected chi connectivity index (χ4v) is 1.52. The van der Waals surface area contributed by atoms with Gasteiger partial charge in [-0.25, -0.2) is 4.79 Å². The van der Waals surface area contributed by atoms with Crippen molar-refractivity contribution >= 4 is 11.0 Å². The maximum atomic E-state index is 11.8. The summed E-state index contributed by atoms with van der Waals surface area (Å²) in [5.74, 6) is 0. The van der Waals surface area contributed by atoms with Crippen LogP contribution in [-0.2, 0) is 14.1 Å². The second kappa shape index (κ2) is 4.06. The van der Waals surface area contributed by atoms with Gasteiger partial charge in [-0.2, -0.15) is 5.10 Å². The Balaban J connectivity index is 2.80. The summed E-state index contributed by atoms with van der Waals surface area (Å²) in [4.78, 5) is 28.6. The minimum atomic E-state index is -0.630. The van der Waals surface area contributed by atoms with Crippen molar-refractivity contribution in [1.29, 1.82) is 0 Å². The number of nitrogens with zero attached hydrogens (tertiary/aromatic N) is 4. The molecular weight excluding hydrogens is 228 g/mol. The minimum absolute atomic E-state index is 0.0518. The molecular formula is C9H12N4O4. The number of aryl methyl sites for hydroxylation is 1. The first-order valence-electron chi connectivity index (χ1n) is 4.96. The summed E-state index contributed by atoms with van der Waals surface area (Å²) in [6, 6.07) is 0. The highest BCUT2D eigenvalue weighted by molar-refractivity contribution is 5.72. The van der Waals surface area contributed by atoms with E-state index < -0.39 is 11.2 Å². The maximum Gasteiger partial charge on any atom is 0.365 e. The van der Waals surface area contributed by atoms with Crippen molar-refractivity contribution in [3.8, 4) is 0 Å². The fraction of sp³-hybridized carbons (Fsp3) is 0.444. The monoisotopic (exact) mass is 240 g/mol. The van der Waals surface area contributed by atoms with E-state index in [1.54, 1.807) is 7.05 Å². The molecule has 0 aliphatic rings. The zero-order chi connectivity index (χ0) is 12.6. The van der Waals surface area contributed by atoms with Crippen molar-refractivity contribution < 1.29 is 9.94 Å². The van der Waals surface area contributed by atoms with Crippen LogP contribution in [0.4, 0.5) is 0 Å². The lowest BCUT2D eigenvalue weighted by atomic mass is 10.4. The third kappa shape index (κ3) is 1.72. The highest BCUT2D eigenvalue weighted by Crippen LogP contribution is 2.02. The molecule has 0 fully saturated rings. The lowest BCUT2D eigenvalue weighted by Gasteiger charge is -2.08. The molecule has 0 bridgehead atoms. The van der Waals surface area contributed by atoms with Crippen molar-refractivity contribution in [3.63, 3.8) is 0 Å². The Labute approximate surface area is 95.2 Å². The molecule has 1 N–H and O–H groups in total. The van der Waals surface area contributed by atoms with Crippen LogP contribution in [0.5, 0.6) is 0 Å². The molecule has 0 atom stereocenters. The first kappa shape index (κ1) is 11.4. The molecule has 92 valence electrons. The number of hydrogen-bond donors (Lipinski definition) is 1. The Kier molecular flexibility index (Phi) is 2.72. The van der Waals surface area contributed by atoms with Gasteiger partial charge in [-0.3, -0.25) is 14.0 Å². The molecule has 2 aromatic rings. The van der Waals surface area contributed by atoms with E-state index in [1.165, 1.54) is 17.9 Å². The average Bonchev–Trinajstić information content (AvgIpc) is 2.68. The average molecular weight is 240 g/mol. The van der Waals surface area contributed by atoms with Crippen LogP contribution in [-0.4, -0.2) is 37.4 Å². The van der Waals surface area contributed by atoms with Crippen LogP contribution in [0.15, 0.2) is 15.8 Å². The highest BCUT2D eigenvalue weighted by Gasteiger charge is 2.14. The lowest BCUT2D eigenvalue weighted by molar-refractivity contribution is 0.0715. The number of aliphatic hydroxyl groups excluding tert-OH is 1. The Hall–Kier alpha value is -2.09. The molecule has 0 aliphatic carbocycles. The highest BCUT2D eigenvalue weighted by atomic mass is 16.7. The van der Waals surface area contributed by atoms with Gasteiger partial charge in [-0.05, 0) is 0 Å². The van der Waals surface area contributed by atoms with E-state index in [-0.39, 0.29) is 24.2 Å². The molecule has 0 spiro atoms. The summed E-state index contributed by atoms with van der Waals surface area (Å²) in [6.45, 7) is -0.284. The van der Waals surface area contributed by atoms with E-state index in [4.69, 9.17) is 9.94 Å². The van der Waals surface area contributed by atoms with Crippen LogP contribution in [0.1, 0.15) is 0 Å². The molecule has 8 nitrogen and oxygen atoms in total. The number of aliphatic hydroxyl groups is 1. The Bertz CT molecular complexity index is 666. The van der Waals surface area contributed by atoms with E-state index in [9.17, 15) is 9.59 Å². The third-order valence-electron chi connectivity index (χ3n) is 2.31. The van der Waals surface area contributed by atoms with Gasteiger partial charge < -0.3 is 9.94 Å². The summed E-state index contributed by atoms with van der Waals surface area (Å²) in [5, 5.41) is 13.0. The van der Waals surface area contributed by atoms with Crippen molar-refractivity contribution in [2.75, 3.05) is 13.2 Å². The lowest BCUT2D eigenvalue weighted by Crippen LogP contribution is -2.41. The second-order valence-corrected chi connectivity index (χ2v) is 3.54. The number of rotatable bonds is 3. The van der Waals surface area contributed by atoms with Gasteiger partial charge in [0.25, 0.3) is 5.56 Å². The molecule has 0 aliphatic heterocycles. The van der Waals surface area contributed by atoms with Crippen LogP contribution < -0.4 is 16.1 Å². The quantitative estimate of drug-likeness (QED) is 0.660. The number of aromatic nitrogens is 4. The van der Waals surface area contributed by atoms with Crippen LogP contribution in [0.2, 0.25) is 0 Å². The molecule has 0 saturated carbocycles. The van der Waals surface area contributed by atoms with E-state index in [2.05, 4.69) is 5.10 Å². The predicted octanol–water partition coefficient (Wildman–Crippen LogP) is -2.15. The predicted molar refractivity (Wildman–Crippen MR) is 58.7 cm³/mol. The smallest absolute Gasteiger partial charge is 0.365 e. The summed E-state index contributed by atoms with van der Waals surface area (Å²) in [5.41, 5.74) is -0.911. The summed E-state index contributed by atoms with van der Waals surface area (Å²) in [6.07, 6.45) is 1.51. The molecule has 2 heterocycles. The standard InChI is InChI=1S/C9H12N4O4/c1-11-5-6-7(10-11)13(17-4-3-14)9(16)12(2)8(6)15/h5,14H,3-4H2,1-2H3. The van der Waals surface area contributed by atoms with Crippen LogP contribution in [0.25, 0.3) is 11.0 Å². The fourth-order valence-electron chi connectivity index (χ4n) is 1.52. The third-order valence-corrected chi connectivity index (χ3v) is 2.31. The minimum Gasteiger partial charge on any atom is -0.405 e. The summed E-state index contributed by atoms with van der Waals surface area (Å²) in [7, 11) is 3.00. The van der Waals surface area contributed by atoms with Gasteiger partial charge in [-0.15, -0.1) is 4.73 Å². The van der Waals surface area contributed by atoms with E-state index in [0.29, 0.717) is 0 Å². The molecule has 2 aromatic heterocycles. The van der Waals surface area contributed by atoms with Crippen LogP contribution in [0.3, 0.4) is 0 Å². The number of fused-ring (bicyclic) bond motifs is 1. The van der Waals surface area contributed by atoms with E-state index >= 15 is 0 Å². The molecule has 17 heavy (non-hydrogen) atoms.